The first-order chi connectivity index (χ1) is 12.4. The molecule has 1 saturated carbocycles. The van der Waals surface area contributed by atoms with Crippen molar-refractivity contribution in [3.63, 3.8) is 0 Å². The molecule has 0 bridgehead atoms. The van der Waals surface area contributed by atoms with E-state index in [4.69, 9.17) is 9.47 Å². The molecule has 0 aromatic heterocycles. The molecule has 140 valence electrons. The lowest BCUT2D eigenvalue weighted by molar-refractivity contribution is 0.0469. The first kappa shape index (κ1) is 18.9. The van der Waals surface area contributed by atoms with Gasteiger partial charge < -0.3 is 9.47 Å². The number of hydrogen-bond acceptors (Lipinski definition) is 2. The molecule has 2 nitrogen and oxygen atoms in total. The third kappa shape index (κ3) is 3.78. The maximum atomic E-state index is 14.7. The van der Waals surface area contributed by atoms with E-state index >= 15 is 0 Å². The van der Waals surface area contributed by atoms with Crippen LogP contribution in [0.5, 0.6) is 5.75 Å². The minimum Gasteiger partial charge on any atom is -0.497 e. The monoisotopic (exact) mass is 356 g/mol. The van der Waals surface area contributed by atoms with Crippen molar-refractivity contribution in [2.24, 2.45) is 11.3 Å². The molecule has 3 heteroatoms. The molecule has 0 spiro atoms. The van der Waals surface area contributed by atoms with Gasteiger partial charge in [-0.05, 0) is 65.5 Å². The van der Waals surface area contributed by atoms with Crippen molar-refractivity contribution < 1.29 is 13.9 Å². The topological polar surface area (TPSA) is 18.5 Å². The van der Waals surface area contributed by atoms with Crippen molar-refractivity contribution in [2.75, 3.05) is 14.2 Å². The van der Waals surface area contributed by atoms with E-state index in [0.717, 1.165) is 30.4 Å². The number of hydrogen-bond donors (Lipinski definition) is 0. The van der Waals surface area contributed by atoms with Gasteiger partial charge in [0.2, 0.25) is 0 Å². The highest BCUT2D eigenvalue weighted by atomic mass is 19.1. The van der Waals surface area contributed by atoms with Crippen molar-refractivity contribution in [1.82, 2.24) is 0 Å². The van der Waals surface area contributed by atoms with Gasteiger partial charge in [-0.2, -0.15) is 0 Å². The highest BCUT2D eigenvalue weighted by Crippen LogP contribution is 2.57. The lowest BCUT2D eigenvalue weighted by atomic mass is 9.86. The first-order valence-corrected chi connectivity index (χ1v) is 9.37. The molecular formula is C23H29FO2. The highest BCUT2D eigenvalue weighted by Gasteiger charge is 2.46. The summed E-state index contributed by atoms with van der Waals surface area (Å²) in [6, 6.07) is 11.3. The fourth-order valence-electron chi connectivity index (χ4n) is 3.76. The van der Waals surface area contributed by atoms with Crippen LogP contribution in [0.2, 0.25) is 0 Å². The van der Waals surface area contributed by atoms with Crippen LogP contribution >= 0.6 is 0 Å². The molecule has 0 unspecified atom stereocenters. The van der Waals surface area contributed by atoms with Crippen LogP contribution in [0.25, 0.3) is 11.1 Å². The number of ether oxygens (including phenoxy) is 2. The van der Waals surface area contributed by atoms with Gasteiger partial charge in [0.1, 0.15) is 11.6 Å². The van der Waals surface area contributed by atoms with E-state index in [1.807, 2.05) is 6.07 Å². The van der Waals surface area contributed by atoms with E-state index in [2.05, 4.69) is 32.9 Å². The van der Waals surface area contributed by atoms with E-state index in [1.165, 1.54) is 11.6 Å². The smallest absolute Gasteiger partial charge is 0.131 e. The fourth-order valence-corrected chi connectivity index (χ4v) is 3.76. The summed E-state index contributed by atoms with van der Waals surface area (Å²) in [5, 5.41) is 0. The molecule has 1 aliphatic carbocycles. The third-order valence-corrected chi connectivity index (χ3v) is 5.41. The molecule has 3 rings (SSSR count). The van der Waals surface area contributed by atoms with Gasteiger partial charge in [-0.15, -0.1) is 0 Å². The number of halogens is 1. The molecule has 0 amide bonds. The Labute approximate surface area is 156 Å². The van der Waals surface area contributed by atoms with E-state index in [0.29, 0.717) is 17.2 Å². The largest absolute Gasteiger partial charge is 0.497 e. The first-order valence-electron chi connectivity index (χ1n) is 9.37. The van der Waals surface area contributed by atoms with Gasteiger partial charge in [-0.25, -0.2) is 4.39 Å². The number of benzene rings is 2. The molecule has 0 N–H and O–H groups in total. The normalized spacial score (nSPS) is 16.6. The van der Waals surface area contributed by atoms with Crippen LogP contribution < -0.4 is 4.74 Å². The van der Waals surface area contributed by atoms with Crippen LogP contribution in [0.3, 0.4) is 0 Å². The molecule has 1 fully saturated rings. The maximum Gasteiger partial charge on any atom is 0.131 e. The fraction of sp³-hybridized carbons (Fsp3) is 0.478. The van der Waals surface area contributed by atoms with Crippen molar-refractivity contribution in [2.45, 2.75) is 46.1 Å². The third-order valence-electron chi connectivity index (χ3n) is 5.41. The van der Waals surface area contributed by atoms with Crippen LogP contribution in [0, 0.1) is 17.2 Å². The lowest BCUT2D eigenvalue weighted by Gasteiger charge is -2.26. The van der Waals surface area contributed by atoms with Gasteiger partial charge >= 0.3 is 0 Å². The van der Waals surface area contributed by atoms with E-state index < -0.39 is 0 Å². The average molecular weight is 356 g/mol. The summed E-state index contributed by atoms with van der Waals surface area (Å²) in [5.41, 5.74) is 3.96. The Morgan fingerprint density at radius 3 is 2.35 bits per heavy atom. The molecule has 0 saturated heterocycles. The predicted molar refractivity (Wildman–Crippen MR) is 104 cm³/mol. The zero-order valence-corrected chi connectivity index (χ0v) is 16.4. The quantitative estimate of drug-likeness (QED) is 0.589. The average Bonchev–Trinajstić information content (AvgIpc) is 3.34. The molecule has 26 heavy (non-hydrogen) atoms. The maximum absolute atomic E-state index is 14.7. The van der Waals surface area contributed by atoms with Crippen LogP contribution in [-0.2, 0) is 11.2 Å². The Hall–Kier alpha value is -1.87. The summed E-state index contributed by atoms with van der Waals surface area (Å²) in [5.74, 6) is 0.990. The van der Waals surface area contributed by atoms with Crippen LogP contribution in [0.15, 0.2) is 36.4 Å². The van der Waals surface area contributed by atoms with Gasteiger partial charge in [0.05, 0.1) is 13.2 Å². The zero-order chi connectivity index (χ0) is 18.9. The molecule has 2 aromatic carbocycles. The van der Waals surface area contributed by atoms with Gasteiger partial charge in [-0.1, -0.05) is 39.0 Å². The summed E-state index contributed by atoms with van der Waals surface area (Å²) < 4.78 is 25.9. The standard InChI is InChI=1S/C23H29FO2/c1-15(2)12-16-6-8-18(19-14-17(25-4)7-9-21(19)24)20(13-16)22(26-5)23(3)10-11-23/h6-9,13-15,22H,10-12H2,1-5H3/t22-/m0/s1. The Morgan fingerprint density at radius 2 is 1.77 bits per heavy atom. The van der Waals surface area contributed by atoms with Gasteiger partial charge in [0.25, 0.3) is 0 Å². The second kappa shape index (κ2) is 7.40. The molecule has 0 aliphatic heterocycles. The molecule has 1 atom stereocenters. The summed E-state index contributed by atoms with van der Waals surface area (Å²) in [7, 11) is 3.36. The summed E-state index contributed by atoms with van der Waals surface area (Å²) in [6.07, 6.45) is 3.25. The summed E-state index contributed by atoms with van der Waals surface area (Å²) in [6.45, 7) is 6.68. The molecule has 1 aliphatic rings. The van der Waals surface area contributed by atoms with Crippen molar-refractivity contribution in [1.29, 1.82) is 0 Å². The van der Waals surface area contributed by atoms with Crippen molar-refractivity contribution in [3.05, 3.63) is 53.3 Å². The Kier molecular flexibility index (Phi) is 5.38. The van der Waals surface area contributed by atoms with Gasteiger partial charge in [-0.3, -0.25) is 0 Å². The van der Waals surface area contributed by atoms with Crippen molar-refractivity contribution in [3.8, 4) is 16.9 Å². The predicted octanol–water partition coefficient (Wildman–Crippen LogP) is 6.19. The van der Waals surface area contributed by atoms with Crippen LogP contribution in [0.1, 0.15) is 50.8 Å². The Morgan fingerprint density at radius 1 is 1.04 bits per heavy atom. The summed E-state index contributed by atoms with van der Waals surface area (Å²) >= 11 is 0. The SMILES string of the molecule is COc1ccc(F)c(-c2ccc(CC(C)C)cc2[C@H](OC)C2(C)CC2)c1. The van der Waals surface area contributed by atoms with E-state index in [1.54, 1.807) is 26.4 Å². The Bertz CT molecular complexity index is 778. The van der Waals surface area contributed by atoms with Gasteiger partial charge in [0.15, 0.2) is 0 Å². The lowest BCUT2D eigenvalue weighted by Crippen LogP contribution is -2.15. The highest BCUT2D eigenvalue weighted by molar-refractivity contribution is 5.70. The second-order valence-corrected chi connectivity index (χ2v) is 8.14. The summed E-state index contributed by atoms with van der Waals surface area (Å²) in [4.78, 5) is 0. The molecule has 0 heterocycles. The van der Waals surface area contributed by atoms with Gasteiger partial charge in [0, 0.05) is 12.7 Å². The number of rotatable bonds is 7. The zero-order valence-electron chi connectivity index (χ0n) is 16.4. The van der Waals surface area contributed by atoms with E-state index in [-0.39, 0.29) is 17.3 Å². The molecule has 2 aromatic rings. The minimum absolute atomic E-state index is 0.0322. The van der Waals surface area contributed by atoms with Crippen LogP contribution in [-0.4, -0.2) is 14.2 Å². The number of methoxy groups -OCH3 is 2. The van der Waals surface area contributed by atoms with E-state index in [9.17, 15) is 4.39 Å². The molecule has 0 radical (unpaired) electrons. The Balaban J connectivity index is 2.15. The second-order valence-electron chi connectivity index (χ2n) is 8.14. The minimum atomic E-state index is -0.237. The van der Waals surface area contributed by atoms with Crippen molar-refractivity contribution >= 4 is 0 Å². The van der Waals surface area contributed by atoms with Crippen LogP contribution in [0.4, 0.5) is 4.39 Å². The molecular weight excluding hydrogens is 327 g/mol.